The Morgan fingerprint density at radius 2 is 2.13 bits per heavy atom. The Morgan fingerprint density at radius 3 is 2.87 bits per heavy atom. The third-order valence-electron chi connectivity index (χ3n) is 4.90. The van der Waals surface area contributed by atoms with E-state index in [2.05, 4.69) is 5.32 Å². The highest BCUT2D eigenvalue weighted by Gasteiger charge is 2.38. The summed E-state index contributed by atoms with van der Waals surface area (Å²) in [6, 6.07) is 8.00. The summed E-state index contributed by atoms with van der Waals surface area (Å²) in [6.45, 7) is 1.04. The van der Waals surface area contributed by atoms with Crippen molar-refractivity contribution < 1.29 is 14.3 Å². The summed E-state index contributed by atoms with van der Waals surface area (Å²) in [5.41, 5.74) is 0.995. The second-order valence-corrected chi connectivity index (χ2v) is 6.45. The van der Waals surface area contributed by atoms with Gasteiger partial charge in [-0.1, -0.05) is 25.0 Å². The molecule has 1 atom stereocenters. The predicted octanol–water partition coefficient (Wildman–Crippen LogP) is 2.10. The number of carbonyl (C=O) groups is 2. The fourth-order valence-electron chi connectivity index (χ4n) is 3.59. The van der Waals surface area contributed by atoms with E-state index in [0.29, 0.717) is 25.6 Å². The number of amides is 2. The largest absolute Gasteiger partial charge is 0.497 e. The van der Waals surface area contributed by atoms with Gasteiger partial charge in [-0.15, -0.1) is 0 Å². The van der Waals surface area contributed by atoms with Gasteiger partial charge in [0.2, 0.25) is 11.8 Å². The van der Waals surface area contributed by atoms with Gasteiger partial charge in [0.25, 0.3) is 0 Å². The molecule has 5 heteroatoms. The molecule has 1 aromatic rings. The van der Waals surface area contributed by atoms with Gasteiger partial charge in [-0.25, -0.2) is 0 Å². The van der Waals surface area contributed by atoms with E-state index < -0.39 is 0 Å². The van der Waals surface area contributed by atoms with Crippen LogP contribution in [0.15, 0.2) is 24.3 Å². The van der Waals surface area contributed by atoms with Crippen LogP contribution in [0, 0.1) is 5.92 Å². The minimum absolute atomic E-state index is 0.0262. The number of hydrogen-bond donors (Lipinski definition) is 1. The highest BCUT2D eigenvalue weighted by atomic mass is 16.5. The molecule has 23 heavy (non-hydrogen) atoms. The van der Waals surface area contributed by atoms with Crippen molar-refractivity contribution in [1.29, 1.82) is 0 Å². The Hall–Kier alpha value is -2.04. The molecule has 124 valence electrons. The summed E-state index contributed by atoms with van der Waals surface area (Å²) < 4.78 is 5.18. The first kappa shape index (κ1) is 15.8. The number of nitrogens with one attached hydrogen (secondary N) is 1. The third kappa shape index (κ3) is 3.66. The van der Waals surface area contributed by atoms with Crippen LogP contribution >= 0.6 is 0 Å². The zero-order chi connectivity index (χ0) is 16.2. The van der Waals surface area contributed by atoms with Crippen molar-refractivity contribution >= 4 is 11.8 Å². The lowest BCUT2D eigenvalue weighted by atomic mass is 10.1. The van der Waals surface area contributed by atoms with E-state index in [4.69, 9.17) is 4.74 Å². The Kier molecular flexibility index (Phi) is 4.84. The lowest BCUT2D eigenvalue weighted by Crippen LogP contribution is -2.36. The number of hydrogen-bond acceptors (Lipinski definition) is 3. The molecule has 1 aromatic carbocycles. The summed E-state index contributed by atoms with van der Waals surface area (Å²) in [5.74, 6) is 0.675. The van der Waals surface area contributed by atoms with Crippen LogP contribution in [0.3, 0.4) is 0 Å². The first-order chi connectivity index (χ1) is 11.2. The van der Waals surface area contributed by atoms with Crippen molar-refractivity contribution in [2.75, 3.05) is 13.7 Å². The lowest BCUT2D eigenvalue weighted by Gasteiger charge is -2.23. The molecule has 1 aliphatic heterocycles. The number of ether oxygens (including phenoxy) is 1. The molecule has 1 saturated heterocycles. The first-order valence-electron chi connectivity index (χ1n) is 8.37. The maximum Gasteiger partial charge on any atom is 0.225 e. The molecule has 2 aliphatic rings. The van der Waals surface area contributed by atoms with Crippen LogP contribution in [0.1, 0.15) is 37.7 Å². The normalized spacial score (nSPS) is 21.7. The van der Waals surface area contributed by atoms with Gasteiger partial charge in [0, 0.05) is 25.6 Å². The highest BCUT2D eigenvalue weighted by Crippen LogP contribution is 2.29. The fraction of sp³-hybridized carbons (Fsp3) is 0.556. The van der Waals surface area contributed by atoms with Gasteiger partial charge in [0.1, 0.15) is 5.75 Å². The number of likely N-dealkylation sites (tertiary alicyclic amines) is 1. The maximum atomic E-state index is 12.4. The van der Waals surface area contributed by atoms with Crippen LogP contribution in [0.5, 0.6) is 5.75 Å². The topological polar surface area (TPSA) is 58.6 Å². The van der Waals surface area contributed by atoms with E-state index >= 15 is 0 Å². The van der Waals surface area contributed by atoms with Crippen LogP contribution in [0.25, 0.3) is 0 Å². The van der Waals surface area contributed by atoms with Gasteiger partial charge in [-0.05, 0) is 30.5 Å². The Balaban J connectivity index is 1.53. The minimum Gasteiger partial charge on any atom is -0.497 e. The molecule has 5 nitrogen and oxygen atoms in total. The molecular formula is C18H24N2O3. The van der Waals surface area contributed by atoms with Gasteiger partial charge in [0.05, 0.1) is 13.0 Å². The molecule has 0 spiro atoms. The minimum atomic E-state index is -0.214. The molecular weight excluding hydrogens is 292 g/mol. The molecule has 2 fully saturated rings. The Morgan fingerprint density at radius 1 is 1.35 bits per heavy atom. The standard InChI is InChI=1S/C18H24N2O3/c1-23-16-8-4-5-13(9-16)11-19-18(22)14-10-17(21)20(12-14)15-6-2-3-7-15/h4-5,8-9,14-15H,2-3,6-7,10-12H2,1H3,(H,19,22). The third-order valence-corrected chi connectivity index (χ3v) is 4.90. The number of benzene rings is 1. The van der Waals surface area contributed by atoms with E-state index in [9.17, 15) is 9.59 Å². The molecule has 1 heterocycles. The second-order valence-electron chi connectivity index (χ2n) is 6.45. The summed E-state index contributed by atoms with van der Waals surface area (Å²) in [4.78, 5) is 26.5. The molecule has 2 amide bonds. The van der Waals surface area contributed by atoms with Crippen molar-refractivity contribution in [3.05, 3.63) is 29.8 Å². The van der Waals surface area contributed by atoms with Crippen LogP contribution in [0.2, 0.25) is 0 Å². The van der Waals surface area contributed by atoms with Crippen LogP contribution < -0.4 is 10.1 Å². The summed E-state index contributed by atoms with van der Waals surface area (Å²) >= 11 is 0. The zero-order valence-corrected chi connectivity index (χ0v) is 13.6. The second kappa shape index (κ2) is 7.02. The molecule has 1 aliphatic carbocycles. The quantitative estimate of drug-likeness (QED) is 0.905. The van der Waals surface area contributed by atoms with Crippen molar-refractivity contribution in [3.8, 4) is 5.75 Å². The monoisotopic (exact) mass is 316 g/mol. The zero-order valence-electron chi connectivity index (χ0n) is 13.6. The van der Waals surface area contributed by atoms with Gasteiger partial charge in [0.15, 0.2) is 0 Å². The van der Waals surface area contributed by atoms with Crippen molar-refractivity contribution in [2.45, 2.75) is 44.7 Å². The van der Waals surface area contributed by atoms with Crippen LogP contribution in [-0.4, -0.2) is 36.4 Å². The van der Waals surface area contributed by atoms with E-state index in [1.807, 2.05) is 29.2 Å². The molecule has 0 radical (unpaired) electrons. The van der Waals surface area contributed by atoms with Crippen LogP contribution in [0.4, 0.5) is 0 Å². The van der Waals surface area contributed by atoms with Crippen molar-refractivity contribution in [1.82, 2.24) is 10.2 Å². The maximum absolute atomic E-state index is 12.4. The van der Waals surface area contributed by atoms with Gasteiger partial charge in [-0.3, -0.25) is 9.59 Å². The van der Waals surface area contributed by atoms with E-state index in [1.54, 1.807) is 7.11 Å². The average Bonchev–Trinajstić information content (AvgIpc) is 3.22. The molecule has 1 N–H and O–H groups in total. The number of carbonyl (C=O) groups excluding carboxylic acids is 2. The van der Waals surface area contributed by atoms with Gasteiger partial charge < -0.3 is 15.0 Å². The van der Waals surface area contributed by atoms with E-state index in [0.717, 1.165) is 24.2 Å². The average molecular weight is 316 g/mol. The molecule has 0 aromatic heterocycles. The van der Waals surface area contributed by atoms with E-state index in [1.165, 1.54) is 12.8 Å². The fourth-order valence-corrected chi connectivity index (χ4v) is 3.59. The van der Waals surface area contributed by atoms with Gasteiger partial charge in [-0.2, -0.15) is 0 Å². The molecule has 1 unspecified atom stereocenters. The Bertz CT molecular complexity index is 581. The highest BCUT2D eigenvalue weighted by molar-refractivity contribution is 5.89. The summed E-state index contributed by atoms with van der Waals surface area (Å²) in [6.07, 6.45) is 4.91. The van der Waals surface area contributed by atoms with E-state index in [-0.39, 0.29) is 17.7 Å². The number of methoxy groups -OCH3 is 1. The molecule has 1 saturated carbocycles. The summed E-state index contributed by atoms with van der Waals surface area (Å²) in [5, 5.41) is 2.95. The van der Waals surface area contributed by atoms with Crippen molar-refractivity contribution in [3.63, 3.8) is 0 Å². The van der Waals surface area contributed by atoms with Gasteiger partial charge >= 0.3 is 0 Å². The number of rotatable bonds is 5. The predicted molar refractivity (Wildman–Crippen MR) is 86.9 cm³/mol. The first-order valence-corrected chi connectivity index (χ1v) is 8.37. The molecule has 3 rings (SSSR count). The molecule has 0 bridgehead atoms. The van der Waals surface area contributed by atoms with Crippen LogP contribution in [-0.2, 0) is 16.1 Å². The smallest absolute Gasteiger partial charge is 0.225 e. The lowest BCUT2D eigenvalue weighted by molar-refractivity contribution is -0.130. The van der Waals surface area contributed by atoms with Crippen molar-refractivity contribution in [2.24, 2.45) is 5.92 Å². The SMILES string of the molecule is COc1cccc(CNC(=O)C2CC(=O)N(C3CCCC3)C2)c1. The Labute approximate surface area is 137 Å². The number of nitrogens with zero attached hydrogens (tertiary/aromatic N) is 1. The summed E-state index contributed by atoms with van der Waals surface area (Å²) in [7, 11) is 1.62.